The van der Waals surface area contributed by atoms with Gasteiger partial charge in [-0.15, -0.1) is 0 Å². The Hall–Kier alpha value is -2.12. The Balaban J connectivity index is 2.04. The summed E-state index contributed by atoms with van der Waals surface area (Å²) >= 11 is 0. The summed E-state index contributed by atoms with van der Waals surface area (Å²) in [5.41, 5.74) is 0.498. The number of amides is 1. The summed E-state index contributed by atoms with van der Waals surface area (Å²) in [4.78, 5) is 26.6. The first-order chi connectivity index (χ1) is 11.4. The third-order valence-corrected chi connectivity index (χ3v) is 4.05. The summed E-state index contributed by atoms with van der Waals surface area (Å²) < 4.78 is 5.54. The lowest BCUT2D eigenvalue weighted by atomic mass is 10.2. The van der Waals surface area contributed by atoms with Crippen molar-refractivity contribution in [2.24, 2.45) is 0 Å². The number of carbonyl (C=O) groups is 2. The van der Waals surface area contributed by atoms with Crippen LogP contribution in [0, 0.1) is 0 Å². The molecule has 132 valence electrons. The van der Waals surface area contributed by atoms with Crippen molar-refractivity contribution >= 4 is 11.9 Å². The van der Waals surface area contributed by atoms with Gasteiger partial charge in [0.05, 0.1) is 25.3 Å². The molecule has 1 fully saturated rings. The van der Waals surface area contributed by atoms with Gasteiger partial charge < -0.3 is 19.8 Å². The summed E-state index contributed by atoms with van der Waals surface area (Å²) in [7, 11) is 1.63. The van der Waals surface area contributed by atoms with E-state index in [0.29, 0.717) is 24.5 Å². The van der Waals surface area contributed by atoms with Crippen molar-refractivity contribution < 1.29 is 24.5 Å². The summed E-state index contributed by atoms with van der Waals surface area (Å²) in [6.45, 7) is 2.90. The van der Waals surface area contributed by atoms with Crippen LogP contribution in [0.15, 0.2) is 24.3 Å². The maximum atomic E-state index is 12.6. The first-order valence-corrected chi connectivity index (χ1v) is 8.04. The van der Waals surface area contributed by atoms with Crippen LogP contribution in [0.25, 0.3) is 0 Å². The zero-order valence-corrected chi connectivity index (χ0v) is 14.0. The van der Waals surface area contributed by atoms with Gasteiger partial charge in [0.25, 0.3) is 5.91 Å². The molecular weight excluding hydrogens is 312 g/mol. The molecule has 0 bridgehead atoms. The fraction of sp³-hybridized carbons (Fsp3) is 0.529. The van der Waals surface area contributed by atoms with Crippen molar-refractivity contribution in [3.63, 3.8) is 0 Å². The molecule has 0 spiro atoms. The Morgan fingerprint density at radius 2 is 2.12 bits per heavy atom. The molecule has 24 heavy (non-hydrogen) atoms. The van der Waals surface area contributed by atoms with E-state index in [2.05, 4.69) is 0 Å². The summed E-state index contributed by atoms with van der Waals surface area (Å²) in [5, 5.41) is 19.0. The lowest BCUT2D eigenvalue weighted by molar-refractivity contribution is -0.138. The second kappa shape index (κ2) is 8.12. The highest BCUT2D eigenvalue weighted by Crippen LogP contribution is 2.20. The third kappa shape index (κ3) is 4.46. The van der Waals surface area contributed by atoms with Gasteiger partial charge in [0.15, 0.2) is 0 Å². The molecule has 0 saturated carbocycles. The van der Waals surface area contributed by atoms with E-state index in [-0.39, 0.29) is 25.0 Å². The predicted octanol–water partition coefficient (Wildman–Crippen LogP) is 0.677. The van der Waals surface area contributed by atoms with E-state index in [4.69, 9.17) is 9.84 Å². The second-order valence-electron chi connectivity index (χ2n) is 6.03. The molecule has 7 heteroatoms. The van der Waals surface area contributed by atoms with Crippen molar-refractivity contribution in [2.45, 2.75) is 25.5 Å². The third-order valence-electron chi connectivity index (χ3n) is 4.05. The van der Waals surface area contributed by atoms with E-state index in [0.717, 1.165) is 6.42 Å². The average molecular weight is 336 g/mol. The zero-order valence-electron chi connectivity index (χ0n) is 14.0. The predicted molar refractivity (Wildman–Crippen MR) is 88.2 cm³/mol. The molecule has 0 unspecified atom stereocenters. The van der Waals surface area contributed by atoms with Gasteiger partial charge in [-0.3, -0.25) is 14.5 Å². The van der Waals surface area contributed by atoms with E-state index in [1.165, 1.54) is 0 Å². The SMILES string of the molecule is CCCOc1cccc(C(=O)N2C[C@@H](O)[C@@H](N(C)CC(=O)O)C2)c1. The fourth-order valence-electron chi connectivity index (χ4n) is 2.82. The Morgan fingerprint density at radius 1 is 1.38 bits per heavy atom. The quantitative estimate of drug-likeness (QED) is 0.761. The molecule has 1 amide bonds. The number of β-amino-alcohol motifs (C(OH)–C–C–N with tert-alkyl or cyclic N) is 1. The number of aliphatic carboxylic acids is 1. The van der Waals surface area contributed by atoms with Crippen molar-refractivity contribution in [1.82, 2.24) is 9.80 Å². The van der Waals surface area contributed by atoms with Gasteiger partial charge in [-0.25, -0.2) is 0 Å². The van der Waals surface area contributed by atoms with Crippen LogP contribution >= 0.6 is 0 Å². The number of carboxylic acid groups (broad SMARTS) is 1. The number of carbonyl (C=O) groups excluding carboxylic acids is 1. The molecule has 0 radical (unpaired) electrons. The highest BCUT2D eigenvalue weighted by molar-refractivity contribution is 5.94. The molecule has 1 aromatic rings. The number of rotatable bonds is 7. The minimum Gasteiger partial charge on any atom is -0.494 e. The second-order valence-corrected chi connectivity index (χ2v) is 6.03. The van der Waals surface area contributed by atoms with Gasteiger partial charge >= 0.3 is 5.97 Å². The Kier molecular flexibility index (Phi) is 6.16. The number of hydrogen-bond acceptors (Lipinski definition) is 5. The van der Waals surface area contributed by atoms with Crippen LogP contribution < -0.4 is 4.74 Å². The number of carboxylic acids is 1. The number of aliphatic hydroxyl groups excluding tert-OH is 1. The topological polar surface area (TPSA) is 90.3 Å². The maximum Gasteiger partial charge on any atom is 0.317 e. The van der Waals surface area contributed by atoms with E-state index in [1.54, 1.807) is 41.1 Å². The molecule has 1 aliphatic rings. The lowest BCUT2D eigenvalue weighted by Crippen LogP contribution is -2.43. The van der Waals surface area contributed by atoms with Crippen molar-refractivity contribution in [1.29, 1.82) is 0 Å². The minimum atomic E-state index is -0.963. The Morgan fingerprint density at radius 3 is 2.79 bits per heavy atom. The fourth-order valence-corrected chi connectivity index (χ4v) is 2.82. The minimum absolute atomic E-state index is 0.176. The highest BCUT2D eigenvalue weighted by Gasteiger charge is 2.37. The van der Waals surface area contributed by atoms with Gasteiger partial charge in [0.1, 0.15) is 5.75 Å². The molecule has 1 saturated heterocycles. The van der Waals surface area contributed by atoms with Crippen LogP contribution in [0.3, 0.4) is 0 Å². The molecule has 0 aliphatic carbocycles. The van der Waals surface area contributed by atoms with E-state index in [9.17, 15) is 14.7 Å². The Labute approximate surface area is 141 Å². The molecule has 7 nitrogen and oxygen atoms in total. The molecule has 2 rings (SSSR count). The number of likely N-dealkylation sites (N-methyl/N-ethyl adjacent to an activating group) is 1. The maximum absolute atomic E-state index is 12.6. The van der Waals surface area contributed by atoms with E-state index < -0.39 is 12.1 Å². The van der Waals surface area contributed by atoms with Crippen LogP contribution in [0.5, 0.6) is 5.75 Å². The van der Waals surface area contributed by atoms with Crippen molar-refractivity contribution in [3.8, 4) is 5.75 Å². The number of aliphatic hydroxyl groups is 1. The van der Waals surface area contributed by atoms with Crippen LogP contribution in [-0.2, 0) is 4.79 Å². The molecule has 0 aromatic heterocycles. The summed E-state index contributed by atoms with van der Waals surface area (Å²) in [5.74, 6) is -0.514. The molecule has 2 N–H and O–H groups in total. The van der Waals surface area contributed by atoms with Crippen molar-refractivity contribution in [2.75, 3.05) is 33.3 Å². The monoisotopic (exact) mass is 336 g/mol. The van der Waals surface area contributed by atoms with Gasteiger partial charge in [-0.05, 0) is 31.7 Å². The van der Waals surface area contributed by atoms with Crippen LogP contribution in [0.1, 0.15) is 23.7 Å². The molecule has 1 aromatic carbocycles. The van der Waals surface area contributed by atoms with Gasteiger partial charge in [0.2, 0.25) is 0 Å². The zero-order chi connectivity index (χ0) is 17.7. The number of nitrogens with zero attached hydrogens (tertiary/aromatic N) is 2. The van der Waals surface area contributed by atoms with Gasteiger partial charge in [0, 0.05) is 18.7 Å². The first-order valence-electron chi connectivity index (χ1n) is 8.04. The first kappa shape index (κ1) is 18.2. The summed E-state index contributed by atoms with van der Waals surface area (Å²) in [6.07, 6.45) is 0.117. The number of ether oxygens (including phenoxy) is 1. The van der Waals surface area contributed by atoms with E-state index >= 15 is 0 Å². The average Bonchev–Trinajstić information content (AvgIpc) is 2.94. The smallest absolute Gasteiger partial charge is 0.317 e. The van der Waals surface area contributed by atoms with Crippen LogP contribution in [0.4, 0.5) is 0 Å². The number of likely N-dealkylation sites (tertiary alicyclic amines) is 1. The molecule has 1 heterocycles. The highest BCUT2D eigenvalue weighted by atomic mass is 16.5. The molecule has 2 atom stereocenters. The normalized spacial score (nSPS) is 20.4. The Bertz CT molecular complexity index is 592. The number of benzene rings is 1. The molecular formula is C17H24N2O5. The van der Waals surface area contributed by atoms with Crippen LogP contribution in [-0.4, -0.2) is 77.3 Å². The largest absolute Gasteiger partial charge is 0.494 e. The lowest BCUT2D eigenvalue weighted by Gasteiger charge is -2.24. The molecule has 1 aliphatic heterocycles. The standard InChI is InChI=1S/C17H24N2O5/c1-3-7-24-13-6-4-5-12(8-13)17(23)19-9-14(15(20)10-19)18(2)11-16(21)22/h4-6,8,14-15,20H,3,7,9-11H2,1-2H3,(H,21,22)/t14-,15+/m0/s1. The van der Waals surface area contributed by atoms with Crippen molar-refractivity contribution in [3.05, 3.63) is 29.8 Å². The summed E-state index contributed by atoms with van der Waals surface area (Å²) in [6, 6.07) is 6.58. The van der Waals surface area contributed by atoms with Gasteiger partial charge in [-0.2, -0.15) is 0 Å². The number of hydrogen-bond donors (Lipinski definition) is 2. The van der Waals surface area contributed by atoms with Crippen LogP contribution in [0.2, 0.25) is 0 Å². The van der Waals surface area contributed by atoms with Gasteiger partial charge in [-0.1, -0.05) is 13.0 Å². The van der Waals surface area contributed by atoms with E-state index in [1.807, 2.05) is 6.92 Å².